The first-order chi connectivity index (χ1) is 15.7. The maximum absolute atomic E-state index is 13.2. The van der Waals surface area contributed by atoms with E-state index in [0.717, 1.165) is 5.69 Å². The third-order valence-electron chi connectivity index (χ3n) is 5.37. The number of anilines is 2. The monoisotopic (exact) mass is 541 g/mol. The van der Waals surface area contributed by atoms with Crippen molar-refractivity contribution in [3.63, 3.8) is 0 Å². The van der Waals surface area contributed by atoms with Crippen LogP contribution in [0.5, 0.6) is 5.75 Å². The topological polar surface area (TPSA) is 90.0 Å². The van der Waals surface area contributed by atoms with E-state index in [1.807, 2.05) is 12.1 Å². The Morgan fingerprint density at radius 3 is 2.24 bits per heavy atom. The second kappa shape index (κ2) is 10.7. The molecule has 34 heavy (non-hydrogen) atoms. The van der Waals surface area contributed by atoms with E-state index in [0.29, 0.717) is 26.2 Å². The van der Waals surface area contributed by atoms with Crippen molar-refractivity contribution in [1.29, 1.82) is 0 Å². The zero-order valence-electron chi connectivity index (χ0n) is 17.8. The van der Waals surface area contributed by atoms with Crippen molar-refractivity contribution in [2.75, 3.05) is 35.8 Å². The van der Waals surface area contributed by atoms with Crippen LogP contribution in [0.2, 0.25) is 10.0 Å². The molecule has 1 heterocycles. The van der Waals surface area contributed by atoms with Crippen molar-refractivity contribution in [3.05, 3.63) is 82.3 Å². The molecular formula is C23H22Cl3N3O4S. The molecule has 7 nitrogen and oxygen atoms in total. The normalized spacial score (nSPS) is 13.8. The van der Waals surface area contributed by atoms with Crippen LogP contribution in [0.4, 0.5) is 11.4 Å². The van der Waals surface area contributed by atoms with E-state index < -0.39 is 10.0 Å². The van der Waals surface area contributed by atoms with Gasteiger partial charge in [0.1, 0.15) is 10.6 Å². The molecule has 2 N–H and O–H groups in total. The highest BCUT2D eigenvalue weighted by molar-refractivity contribution is 7.92. The van der Waals surface area contributed by atoms with Crippen LogP contribution in [0.3, 0.4) is 0 Å². The van der Waals surface area contributed by atoms with Crippen molar-refractivity contribution in [2.45, 2.75) is 4.90 Å². The summed E-state index contributed by atoms with van der Waals surface area (Å²) >= 11 is 12.0. The minimum atomic E-state index is -4.07. The number of carbonyl (C=O) groups excluding carboxylic acids is 1. The number of para-hydroxylation sites is 1. The average Bonchev–Trinajstić information content (AvgIpc) is 2.81. The third-order valence-corrected chi connectivity index (χ3v) is 7.45. The number of sulfonamides is 1. The smallest absolute Gasteiger partial charge is 0.263 e. The molecule has 0 unspecified atom stereocenters. The van der Waals surface area contributed by atoms with Crippen molar-refractivity contribution in [2.24, 2.45) is 0 Å². The number of nitrogens with one attached hydrogen (secondary N) is 1. The van der Waals surface area contributed by atoms with Crippen LogP contribution in [0, 0.1) is 0 Å². The van der Waals surface area contributed by atoms with Crippen LogP contribution in [-0.2, 0) is 10.0 Å². The van der Waals surface area contributed by atoms with Gasteiger partial charge in [-0.1, -0.05) is 35.3 Å². The number of amides is 1. The zero-order valence-corrected chi connectivity index (χ0v) is 21.0. The van der Waals surface area contributed by atoms with Crippen LogP contribution >= 0.6 is 35.6 Å². The van der Waals surface area contributed by atoms with Crippen molar-refractivity contribution < 1.29 is 18.3 Å². The Hall–Kier alpha value is -2.65. The summed E-state index contributed by atoms with van der Waals surface area (Å²) in [6.07, 6.45) is 0. The molecule has 180 valence electrons. The SMILES string of the molecule is Cl.O=C(c1ccccc1NS(=O)(=O)c1cc(Cl)ccc1Cl)N1CCN(c2ccc(O)cc2)CC1. The number of aromatic hydroxyl groups is 1. The molecule has 3 aromatic rings. The molecule has 1 fully saturated rings. The van der Waals surface area contributed by atoms with E-state index in [1.54, 1.807) is 35.2 Å². The van der Waals surface area contributed by atoms with Crippen LogP contribution in [-0.4, -0.2) is 50.5 Å². The Kier molecular flexibility index (Phi) is 8.20. The number of halogens is 3. The van der Waals surface area contributed by atoms with E-state index in [2.05, 4.69) is 9.62 Å². The summed E-state index contributed by atoms with van der Waals surface area (Å²) in [5.41, 5.74) is 1.38. The fourth-order valence-corrected chi connectivity index (χ4v) is 5.49. The largest absolute Gasteiger partial charge is 0.508 e. The number of phenols is 1. The molecule has 0 spiro atoms. The molecule has 0 bridgehead atoms. The number of hydrogen-bond donors (Lipinski definition) is 2. The molecule has 0 radical (unpaired) electrons. The summed E-state index contributed by atoms with van der Waals surface area (Å²) in [4.78, 5) is 16.9. The van der Waals surface area contributed by atoms with Gasteiger partial charge in [0.2, 0.25) is 0 Å². The van der Waals surface area contributed by atoms with Gasteiger partial charge in [0, 0.05) is 36.9 Å². The lowest BCUT2D eigenvalue weighted by Gasteiger charge is -2.36. The molecule has 1 aliphatic rings. The Morgan fingerprint density at radius 2 is 1.56 bits per heavy atom. The number of hydrogen-bond acceptors (Lipinski definition) is 5. The minimum Gasteiger partial charge on any atom is -0.508 e. The maximum atomic E-state index is 13.2. The second-order valence-electron chi connectivity index (χ2n) is 7.52. The average molecular weight is 543 g/mol. The van der Waals surface area contributed by atoms with Gasteiger partial charge in [-0.3, -0.25) is 9.52 Å². The fourth-order valence-electron chi connectivity index (χ4n) is 3.64. The third kappa shape index (κ3) is 5.70. The van der Waals surface area contributed by atoms with Crippen LogP contribution in [0.1, 0.15) is 10.4 Å². The summed E-state index contributed by atoms with van der Waals surface area (Å²) in [7, 11) is -4.07. The molecule has 1 aliphatic heterocycles. The van der Waals surface area contributed by atoms with Gasteiger partial charge in [0.25, 0.3) is 15.9 Å². The molecule has 1 saturated heterocycles. The predicted octanol–water partition coefficient (Wildman–Crippen LogP) is 4.88. The van der Waals surface area contributed by atoms with Gasteiger partial charge in [-0.25, -0.2) is 8.42 Å². The number of benzene rings is 3. The fraction of sp³-hybridized carbons (Fsp3) is 0.174. The highest BCUT2D eigenvalue weighted by atomic mass is 35.5. The van der Waals surface area contributed by atoms with Gasteiger partial charge in [-0.05, 0) is 54.6 Å². The van der Waals surface area contributed by atoms with E-state index in [1.165, 1.54) is 24.3 Å². The molecule has 0 saturated carbocycles. The molecule has 11 heteroatoms. The van der Waals surface area contributed by atoms with E-state index >= 15 is 0 Å². The van der Waals surface area contributed by atoms with Crippen molar-refractivity contribution >= 4 is 62.9 Å². The lowest BCUT2D eigenvalue weighted by Crippen LogP contribution is -2.48. The van der Waals surface area contributed by atoms with Gasteiger partial charge >= 0.3 is 0 Å². The minimum absolute atomic E-state index is 0. The summed E-state index contributed by atoms with van der Waals surface area (Å²) in [6.45, 7) is 2.17. The summed E-state index contributed by atoms with van der Waals surface area (Å²) < 4.78 is 28.4. The summed E-state index contributed by atoms with van der Waals surface area (Å²) in [5.74, 6) is -0.0680. The zero-order chi connectivity index (χ0) is 23.6. The van der Waals surface area contributed by atoms with E-state index in [4.69, 9.17) is 23.2 Å². The Labute approximate surface area is 214 Å². The highest BCUT2D eigenvalue weighted by Crippen LogP contribution is 2.28. The molecule has 3 aromatic carbocycles. The summed E-state index contributed by atoms with van der Waals surface area (Å²) in [6, 6.07) is 17.5. The lowest BCUT2D eigenvalue weighted by atomic mass is 10.1. The first-order valence-corrected chi connectivity index (χ1v) is 12.4. The number of carbonyl (C=O) groups is 1. The first kappa shape index (κ1) is 26.0. The van der Waals surface area contributed by atoms with Crippen LogP contribution in [0.25, 0.3) is 0 Å². The number of nitrogens with zero attached hydrogens (tertiary/aromatic N) is 2. The molecular weight excluding hydrogens is 521 g/mol. The van der Waals surface area contributed by atoms with E-state index in [-0.39, 0.29) is 50.3 Å². The number of phenolic OH excluding ortho intramolecular Hbond substituents is 1. The highest BCUT2D eigenvalue weighted by Gasteiger charge is 2.26. The Morgan fingerprint density at radius 1 is 0.912 bits per heavy atom. The molecule has 1 amide bonds. The molecule has 0 atom stereocenters. The predicted molar refractivity (Wildman–Crippen MR) is 137 cm³/mol. The van der Waals surface area contributed by atoms with Crippen molar-refractivity contribution in [3.8, 4) is 5.75 Å². The lowest BCUT2D eigenvalue weighted by molar-refractivity contribution is 0.0748. The molecule has 0 aromatic heterocycles. The second-order valence-corrected chi connectivity index (χ2v) is 10.0. The van der Waals surface area contributed by atoms with Gasteiger partial charge in [-0.15, -0.1) is 12.4 Å². The Balaban J connectivity index is 0.00000324. The van der Waals surface area contributed by atoms with Crippen LogP contribution < -0.4 is 9.62 Å². The van der Waals surface area contributed by atoms with E-state index in [9.17, 15) is 18.3 Å². The number of rotatable bonds is 5. The quantitative estimate of drug-likeness (QED) is 0.479. The maximum Gasteiger partial charge on any atom is 0.263 e. The van der Waals surface area contributed by atoms with Crippen molar-refractivity contribution in [1.82, 2.24) is 4.90 Å². The first-order valence-electron chi connectivity index (χ1n) is 10.1. The molecule has 0 aliphatic carbocycles. The standard InChI is InChI=1S/C23H21Cl2N3O4S.ClH/c24-16-5-10-20(25)22(15-16)33(31,32)26-21-4-2-1-3-19(21)23(30)28-13-11-27(12-14-28)17-6-8-18(29)9-7-17;/h1-10,15,26,29H,11-14H2;1H. The molecule has 4 rings (SSSR count). The van der Waals surface area contributed by atoms with Gasteiger partial charge in [0.15, 0.2) is 0 Å². The number of piperazine rings is 1. The summed E-state index contributed by atoms with van der Waals surface area (Å²) in [5, 5.41) is 9.73. The van der Waals surface area contributed by atoms with Gasteiger partial charge < -0.3 is 14.9 Å². The Bertz CT molecular complexity index is 1280. The van der Waals surface area contributed by atoms with Gasteiger partial charge in [-0.2, -0.15) is 0 Å². The van der Waals surface area contributed by atoms with Crippen LogP contribution in [0.15, 0.2) is 71.6 Å². The van der Waals surface area contributed by atoms with Gasteiger partial charge in [0.05, 0.1) is 16.3 Å².